The number of thiophene rings is 1. The van der Waals surface area contributed by atoms with Gasteiger partial charge in [0.05, 0.1) is 17.2 Å². The van der Waals surface area contributed by atoms with E-state index in [4.69, 9.17) is 4.74 Å². The number of amides is 1. The Morgan fingerprint density at radius 3 is 2.52 bits per heavy atom. The summed E-state index contributed by atoms with van der Waals surface area (Å²) in [6.07, 6.45) is 0. The van der Waals surface area contributed by atoms with Crippen LogP contribution >= 0.6 is 27.3 Å². The van der Waals surface area contributed by atoms with Gasteiger partial charge in [-0.1, -0.05) is 12.1 Å². The Morgan fingerprint density at radius 2 is 1.90 bits per heavy atom. The third kappa shape index (κ3) is 3.68. The van der Waals surface area contributed by atoms with Crippen molar-refractivity contribution < 1.29 is 19.4 Å². The maximum Gasteiger partial charge on any atom is 0.300 e. The first-order valence-electron chi connectivity index (χ1n) is 9.59. The monoisotopic (exact) mass is 497 g/mol. The highest BCUT2D eigenvalue weighted by atomic mass is 79.9. The van der Waals surface area contributed by atoms with Crippen LogP contribution in [-0.2, 0) is 9.59 Å². The molecule has 4 rings (SSSR count). The minimum absolute atomic E-state index is 0.0779. The number of aryl methyl sites for hydroxylation is 2. The Bertz CT molecular complexity index is 1230. The number of carbonyl (C=O) groups is 2. The number of anilines is 1. The number of ketones is 1. The first-order chi connectivity index (χ1) is 14.8. The van der Waals surface area contributed by atoms with Crippen molar-refractivity contribution in [2.45, 2.75) is 19.9 Å². The first kappa shape index (κ1) is 21.3. The summed E-state index contributed by atoms with van der Waals surface area (Å²) in [6.45, 7) is 3.87. The lowest BCUT2D eigenvalue weighted by atomic mass is 9.98. The van der Waals surface area contributed by atoms with Crippen LogP contribution < -0.4 is 9.64 Å². The number of carbonyl (C=O) groups excluding carboxylic acids is 2. The molecule has 1 aliphatic heterocycles. The molecular weight excluding hydrogens is 478 g/mol. The molecule has 1 N–H and O–H groups in total. The van der Waals surface area contributed by atoms with Gasteiger partial charge >= 0.3 is 0 Å². The SMILES string of the molecule is COc1ccc(/C(O)=C2/C(=O)C(=O)N(c3cccc(C)c3)C2c2sccc2C)cc1Br. The highest BCUT2D eigenvalue weighted by Gasteiger charge is 2.47. The lowest BCUT2D eigenvalue weighted by Gasteiger charge is -2.25. The highest BCUT2D eigenvalue weighted by Crippen LogP contribution is 2.45. The second kappa shape index (κ2) is 8.32. The molecule has 1 amide bonds. The fourth-order valence-electron chi connectivity index (χ4n) is 3.76. The van der Waals surface area contributed by atoms with Crippen LogP contribution in [0.25, 0.3) is 5.76 Å². The maximum absolute atomic E-state index is 13.2. The molecule has 5 nitrogen and oxygen atoms in total. The Morgan fingerprint density at radius 1 is 1.13 bits per heavy atom. The Balaban J connectivity index is 1.95. The Kier molecular flexibility index (Phi) is 5.73. The second-order valence-electron chi connectivity index (χ2n) is 7.33. The zero-order valence-corrected chi connectivity index (χ0v) is 19.6. The number of hydrogen-bond donors (Lipinski definition) is 1. The molecule has 0 spiro atoms. The number of methoxy groups -OCH3 is 1. The van der Waals surface area contributed by atoms with Crippen LogP contribution in [0.4, 0.5) is 5.69 Å². The number of nitrogens with zero attached hydrogens (tertiary/aromatic N) is 1. The lowest BCUT2D eigenvalue weighted by Crippen LogP contribution is -2.29. The minimum Gasteiger partial charge on any atom is -0.507 e. The van der Waals surface area contributed by atoms with Crippen LogP contribution in [0.15, 0.2) is 64.0 Å². The molecule has 0 aliphatic carbocycles. The summed E-state index contributed by atoms with van der Waals surface area (Å²) in [4.78, 5) is 28.7. The molecule has 0 saturated carbocycles. The van der Waals surface area contributed by atoms with E-state index in [-0.39, 0.29) is 11.3 Å². The number of hydrogen-bond acceptors (Lipinski definition) is 5. The summed E-state index contributed by atoms with van der Waals surface area (Å²) >= 11 is 4.87. The first-order valence-corrected chi connectivity index (χ1v) is 11.3. The standard InChI is InChI=1S/C24H20BrNO4S/c1-13-5-4-6-16(11-13)26-20(23-14(2)9-10-31-23)19(22(28)24(26)29)21(27)15-7-8-18(30-3)17(25)12-15/h4-12,20,27H,1-3H3/b21-19-. The summed E-state index contributed by atoms with van der Waals surface area (Å²) in [5, 5.41) is 13.1. The van der Waals surface area contributed by atoms with Crippen LogP contribution in [0.1, 0.15) is 27.6 Å². The summed E-state index contributed by atoms with van der Waals surface area (Å²) in [5.74, 6) is -0.974. The number of aliphatic hydroxyl groups is 1. The van der Waals surface area contributed by atoms with Crippen molar-refractivity contribution in [3.63, 3.8) is 0 Å². The zero-order chi connectivity index (χ0) is 22.3. The number of benzene rings is 2. The predicted octanol–water partition coefficient (Wildman–Crippen LogP) is 5.76. The van der Waals surface area contributed by atoms with E-state index in [1.54, 1.807) is 31.4 Å². The van der Waals surface area contributed by atoms with Gasteiger partial charge in [-0.3, -0.25) is 14.5 Å². The van der Waals surface area contributed by atoms with E-state index < -0.39 is 17.7 Å². The van der Waals surface area contributed by atoms with Crippen LogP contribution in [0, 0.1) is 13.8 Å². The molecule has 1 aromatic heterocycles. The molecule has 3 aromatic rings. The lowest BCUT2D eigenvalue weighted by molar-refractivity contribution is -0.132. The van der Waals surface area contributed by atoms with E-state index in [1.165, 1.54) is 16.2 Å². The van der Waals surface area contributed by atoms with E-state index in [0.717, 1.165) is 16.0 Å². The van der Waals surface area contributed by atoms with Crippen molar-refractivity contribution in [2.75, 3.05) is 12.0 Å². The topological polar surface area (TPSA) is 66.8 Å². The summed E-state index contributed by atoms with van der Waals surface area (Å²) in [6, 6.07) is 13.7. The van der Waals surface area contributed by atoms with E-state index in [0.29, 0.717) is 21.5 Å². The van der Waals surface area contributed by atoms with Gasteiger partial charge in [0.1, 0.15) is 17.6 Å². The molecule has 158 valence electrons. The van der Waals surface area contributed by atoms with Crippen molar-refractivity contribution in [1.29, 1.82) is 0 Å². The fourth-order valence-corrected chi connectivity index (χ4v) is 5.32. The summed E-state index contributed by atoms with van der Waals surface area (Å²) < 4.78 is 5.89. The minimum atomic E-state index is -0.706. The third-order valence-corrected chi connectivity index (χ3v) is 6.99. The number of Topliss-reactive ketones (excluding diaryl/α,β-unsaturated/α-hetero) is 1. The Hall–Kier alpha value is -2.90. The molecule has 1 aliphatic rings. The normalized spacial score (nSPS) is 17.9. The van der Waals surface area contributed by atoms with E-state index in [2.05, 4.69) is 15.9 Å². The van der Waals surface area contributed by atoms with Gasteiger partial charge in [0, 0.05) is 16.1 Å². The van der Waals surface area contributed by atoms with Crippen LogP contribution in [0.2, 0.25) is 0 Å². The largest absolute Gasteiger partial charge is 0.507 e. The smallest absolute Gasteiger partial charge is 0.300 e. The molecule has 1 atom stereocenters. The van der Waals surface area contributed by atoms with Gasteiger partial charge in [-0.25, -0.2) is 0 Å². The highest BCUT2D eigenvalue weighted by molar-refractivity contribution is 9.10. The van der Waals surface area contributed by atoms with Gasteiger partial charge in [-0.2, -0.15) is 0 Å². The molecule has 0 bridgehead atoms. The van der Waals surface area contributed by atoms with E-state index in [9.17, 15) is 14.7 Å². The second-order valence-corrected chi connectivity index (χ2v) is 9.13. The van der Waals surface area contributed by atoms with E-state index >= 15 is 0 Å². The van der Waals surface area contributed by atoms with Crippen molar-refractivity contribution >= 4 is 50.4 Å². The predicted molar refractivity (Wildman–Crippen MR) is 126 cm³/mol. The molecule has 2 aromatic carbocycles. The molecule has 1 fully saturated rings. The Labute approximate surface area is 192 Å². The van der Waals surface area contributed by atoms with Gasteiger partial charge in [0.2, 0.25) is 0 Å². The van der Waals surface area contributed by atoms with Crippen molar-refractivity contribution in [3.05, 3.63) is 85.5 Å². The van der Waals surface area contributed by atoms with Crippen molar-refractivity contribution in [2.24, 2.45) is 0 Å². The fraction of sp³-hybridized carbons (Fsp3) is 0.167. The van der Waals surface area contributed by atoms with Crippen molar-refractivity contribution in [3.8, 4) is 5.75 Å². The van der Waals surface area contributed by atoms with Gasteiger partial charge in [-0.15, -0.1) is 11.3 Å². The third-order valence-electron chi connectivity index (χ3n) is 5.30. The molecule has 7 heteroatoms. The van der Waals surface area contributed by atoms with Crippen LogP contribution in [0.3, 0.4) is 0 Å². The number of halogens is 1. The molecule has 2 heterocycles. The summed E-state index contributed by atoms with van der Waals surface area (Å²) in [7, 11) is 1.55. The van der Waals surface area contributed by atoms with Crippen LogP contribution in [0.5, 0.6) is 5.75 Å². The number of rotatable bonds is 4. The van der Waals surface area contributed by atoms with Gasteiger partial charge in [0.25, 0.3) is 11.7 Å². The zero-order valence-electron chi connectivity index (χ0n) is 17.2. The molecule has 0 radical (unpaired) electrons. The number of ether oxygens (including phenoxy) is 1. The average molecular weight is 498 g/mol. The van der Waals surface area contributed by atoms with Gasteiger partial charge < -0.3 is 9.84 Å². The molecule has 1 saturated heterocycles. The maximum atomic E-state index is 13.2. The molecule has 31 heavy (non-hydrogen) atoms. The average Bonchev–Trinajstić information content (AvgIpc) is 3.28. The summed E-state index contributed by atoms with van der Waals surface area (Å²) in [5.41, 5.74) is 3.05. The van der Waals surface area contributed by atoms with E-state index in [1.807, 2.05) is 43.5 Å². The number of aliphatic hydroxyl groups excluding tert-OH is 1. The molecular formula is C24H20BrNO4S. The quantitative estimate of drug-likeness (QED) is 0.282. The van der Waals surface area contributed by atoms with Crippen LogP contribution in [-0.4, -0.2) is 23.9 Å². The van der Waals surface area contributed by atoms with Crippen molar-refractivity contribution in [1.82, 2.24) is 0 Å². The van der Waals surface area contributed by atoms with Gasteiger partial charge in [0.15, 0.2) is 0 Å². The molecule has 1 unspecified atom stereocenters. The van der Waals surface area contributed by atoms with Gasteiger partial charge in [-0.05, 0) is 82.7 Å².